The lowest BCUT2D eigenvalue weighted by atomic mass is 9.70. The molecule has 1 saturated carbocycles. The van der Waals surface area contributed by atoms with Crippen molar-refractivity contribution < 1.29 is 14.3 Å². The molecule has 1 fully saturated rings. The summed E-state index contributed by atoms with van der Waals surface area (Å²) in [5.74, 6) is 0.911. The number of hydrogen-bond donors (Lipinski definition) is 1. The molecule has 3 aliphatic rings. The van der Waals surface area contributed by atoms with Gasteiger partial charge in [0.05, 0.1) is 22.8 Å². The Hall–Kier alpha value is -2.48. The molecule has 29 heavy (non-hydrogen) atoms. The first-order valence-electron chi connectivity index (χ1n) is 9.77. The molecular weight excluding hydrogens is 388 g/mol. The maximum atomic E-state index is 12.7. The molecular formula is C21H22N4O3S. The average Bonchev–Trinajstić information content (AvgIpc) is 3.04. The van der Waals surface area contributed by atoms with E-state index in [-0.39, 0.29) is 34.9 Å². The summed E-state index contributed by atoms with van der Waals surface area (Å²) in [6, 6.07) is 5.07. The molecule has 0 spiro atoms. The van der Waals surface area contributed by atoms with Crippen molar-refractivity contribution in [3.63, 3.8) is 0 Å². The predicted molar refractivity (Wildman–Crippen MR) is 109 cm³/mol. The van der Waals surface area contributed by atoms with Crippen molar-refractivity contribution in [1.82, 2.24) is 15.2 Å². The van der Waals surface area contributed by atoms with Gasteiger partial charge in [-0.05, 0) is 36.5 Å². The van der Waals surface area contributed by atoms with E-state index in [1.807, 2.05) is 0 Å². The highest BCUT2D eigenvalue weighted by Crippen LogP contribution is 2.66. The Labute approximate surface area is 173 Å². The van der Waals surface area contributed by atoms with Crippen LogP contribution in [0.5, 0.6) is 5.75 Å². The van der Waals surface area contributed by atoms with Crippen molar-refractivity contribution >= 4 is 29.1 Å². The van der Waals surface area contributed by atoms with Gasteiger partial charge in [0.1, 0.15) is 5.75 Å². The van der Waals surface area contributed by atoms with Crippen LogP contribution in [0.1, 0.15) is 61.3 Å². The van der Waals surface area contributed by atoms with Gasteiger partial charge in [0, 0.05) is 16.9 Å². The Bertz CT molecular complexity index is 1050. The number of Topliss-reactive ketones (excluding diaryl/α,β-unsaturated/α-hetero) is 1. The molecule has 2 aromatic rings. The lowest BCUT2D eigenvalue weighted by molar-refractivity contribution is -0.118. The van der Waals surface area contributed by atoms with Crippen LogP contribution >= 0.6 is 11.8 Å². The van der Waals surface area contributed by atoms with E-state index < -0.39 is 0 Å². The molecule has 2 aliphatic carbocycles. The number of ether oxygens (including phenoxy) is 1. The summed E-state index contributed by atoms with van der Waals surface area (Å²) in [6.07, 6.45) is 2.25. The minimum absolute atomic E-state index is 0.00457. The standard InChI is InChI=1S/C21H22N4O3S/c1-20(2)12-6-7-21(20,3)18-17(12)24-25-19(23-18)29-10-14(26)11-4-5-15-13(8-11)22-16(27)9-28-15/h4-5,8,12H,6-7,9-10H2,1-3H3,(H,22,27)/t12-,21+/m0/s1. The summed E-state index contributed by atoms with van der Waals surface area (Å²) in [5.41, 5.74) is 3.27. The van der Waals surface area contributed by atoms with Gasteiger partial charge >= 0.3 is 0 Å². The molecule has 1 N–H and O–H groups in total. The van der Waals surface area contributed by atoms with Gasteiger partial charge in [-0.1, -0.05) is 32.5 Å². The molecule has 1 aromatic heterocycles. The molecule has 5 rings (SSSR count). The summed E-state index contributed by atoms with van der Waals surface area (Å²) in [6.45, 7) is 6.86. The Kier molecular flexibility index (Phi) is 4.00. The third kappa shape index (κ3) is 2.68. The number of amides is 1. The second-order valence-corrected chi connectivity index (χ2v) is 9.68. The van der Waals surface area contributed by atoms with Crippen molar-refractivity contribution in [2.45, 2.75) is 50.1 Å². The van der Waals surface area contributed by atoms with Gasteiger partial charge in [-0.25, -0.2) is 4.98 Å². The third-order valence-electron chi connectivity index (χ3n) is 7.04. The smallest absolute Gasteiger partial charge is 0.262 e. The van der Waals surface area contributed by atoms with E-state index in [0.29, 0.717) is 28.1 Å². The number of hydrogen-bond acceptors (Lipinski definition) is 7. The van der Waals surface area contributed by atoms with E-state index in [0.717, 1.165) is 24.2 Å². The molecule has 1 amide bonds. The van der Waals surface area contributed by atoms with Crippen LogP contribution < -0.4 is 10.1 Å². The number of benzene rings is 1. The van der Waals surface area contributed by atoms with E-state index in [2.05, 4.69) is 36.3 Å². The van der Waals surface area contributed by atoms with Crippen molar-refractivity contribution in [1.29, 1.82) is 0 Å². The third-order valence-corrected chi connectivity index (χ3v) is 7.88. The van der Waals surface area contributed by atoms with Crippen LogP contribution in [0, 0.1) is 5.41 Å². The lowest BCUT2D eigenvalue weighted by Gasteiger charge is -2.33. The number of nitrogens with zero attached hydrogens (tertiary/aromatic N) is 3. The fourth-order valence-electron chi connectivity index (χ4n) is 4.89. The summed E-state index contributed by atoms with van der Waals surface area (Å²) >= 11 is 1.30. The zero-order chi connectivity index (χ0) is 20.4. The molecule has 1 aromatic carbocycles. The highest BCUT2D eigenvalue weighted by atomic mass is 32.2. The average molecular weight is 410 g/mol. The molecule has 0 saturated heterocycles. The lowest BCUT2D eigenvalue weighted by Crippen LogP contribution is -2.32. The fraction of sp³-hybridized carbons (Fsp3) is 0.476. The van der Waals surface area contributed by atoms with Crippen LogP contribution in [0.15, 0.2) is 23.4 Å². The van der Waals surface area contributed by atoms with Crippen LogP contribution in [0.3, 0.4) is 0 Å². The van der Waals surface area contributed by atoms with Crippen LogP contribution in [-0.4, -0.2) is 39.2 Å². The van der Waals surface area contributed by atoms with Crippen LogP contribution in [0.4, 0.5) is 5.69 Å². The first kappa shape index (κ1) is 18.5. The predicted octanol–water partition coefficient (Wildman–Crippen LogP) is 3.35. The van der Waals surface area contributed by atoms with Gasteiger partial charge in [-0.2, -0.15) is 5.10 Å². The van der Waals surface area contributed by atoms with E-state index in [9.17, 15) is 9.59 Å². The second kappa shape index (κ2) is 6.26. The molecule has 1 aliphatic heterocycles. The number of rotatable bonds is 4. The van der Waals surface area contributed by atoms with Gasteiger partial charge in [0.2, 0.25) is 5.16 Å². The minimum atomic E-state index is -0.222. The SMILES string of the molecule is CC1(C)[C@H]2CC[C@]1(C)c1nc(SCC(=O)c3ccc4c(c3)NC(=O)CO4)nnc12. The van der Waals surface area contributed by atoms with Crippen LogP contribution in [0.2, 0.25) is 0 Å². The molecule has 8 heteroatoms. The maximum absolute atomic E-state index is 12.7. The van der Waals surface area contributed by atoms with Gasteiger partial charge in [-0.3, -0.25) is 9.59 Å². The Balaban J connectivity index is 1.33. The largest absolute Gasteiger partial charge is 0.482 e. The van der Waals surface area contributed by atoms with E-state index in [1.54, 1.807) is 18.2 Å². The molecule has 0 unspecified atom stereocenters. The molecule has 150 valence electrons. The molecule has 7 nitrogen and oxygen atoms in total. The van der Waals surface area contributed by atoms with E-state index >= 15 is 0 Å². The number of aromatic nitrogens is 3. The Morgan fingerprint density at radius 2 is 2.14 bits per heavy atom. The van der Waals surface area contributed by atoms with Gasteiger partial charge < -0.3 is 10.1 Å². The zero-order valence-corrected chi connectivity index (χ0v) is 17.4. The number of carbonyl (C=O) groups excluding carboxylic acids is 2. The number of thioether (sulfide) groups is 1. The van der Waals surface area contributed by atoms with Crippen molar-refractivity contribution in [3.05, 3.63) is 35.2 Å². The number of nitrogens with one attached hydrogen (secondary N) is 1. The Morgan fingerprint density at radius 3 is 2.97 bits per heavy atom. The van der Waals surface area contributed by atoms with Crippen molar-refractivity contribution in [3.8, 4) is 5.75 Å². The minimum Gasteiger partial charge on any atom is -0.482 e. The summed E-state index contributed by atoms with van der Waals surface area (Å²) in [7, 11) is 0. The quantitative estimate of drug-likeness (QED) is 0.610. The molecule has 2 heterocycles. The van der Waals surface area contributed by atoms with Gasteiger partial charge in [0.15, 0.2) is 12.4 Å². The summed E-state index contributed by atoms with van der Waals surface area (Å²) < 4.78 is 5.34. The van der Waals surface area contributed by atoms with Crippen LogP contribution in [-0.2, 0) is 10.2 Å². The van der Waals surface area contributed by atoms with Crippen molar-refractivity contribution in [2.24, 2.45) is 5.41 Å². The van der Waals surface area contributed by atoms with E-state index in [1.165, 1.54) is 11.8 Å². The zero-order valence-electron chi connectivity index (χ0n) is 16.6. The monoisotopic (exact) mass is 410 g/mol. The molecule has 2 atom stereocenters. The first-order chi connectivity index (χ1) is 13.8. The highest BCUT2D eigenvalue weighted by molar-refractivity contribution is 7.99. The maximum Gasteiger partial charge on any atom is 0.262 e. The summed E-state index contributed by atoms with van der Waals surface area (Å²) in [5, 5.41) is 12.0. The first-order valence-corrected chi connectivity index (χ1v) is 10.8. The number of carbonyl (C=O) groups is 2. The number of fused-ring (bicyclic) bond motifs is 6. The van der Waals surface area contributed by atoms with Crippen molar-refractivity contribution in [2.75, 3.05) is 17.7 Å². The highest BCUT2D eigenvalue weighted by Gasteiger charge is 2.61. The normalized spacial score (nSPS) is 25.8. The number of anilines is 1. The van der Waals surface area contributed by atoms with Crippen LogP contribution in [0.25, 0.3) is 0 Å². The number of ketones is 1. The second-order valence-electron chi connectivity index (χ2n) is 8.73. The topological polar surface area (TPSA) is 94.1 Å². The van der Waals surface area contributed by atoms with E-state index in [4.69, 9.17) is 9.72 Å². The fourth-order valence-corrected chi connectivity index (χ4v) is 5.58. The van der Waals surface area contributed by atoms with Gasteiger partial charge in [-0.15, -0.1) is 5.10 Å². The Morgan fingerprint density at radius 1 is 1.31 bits per heavy atom. The molecule has 2 bridgehead atoms. The molecule has 0 radical (unpaired) electrons. The summed E-state index contributed by atoms with van der Waals surface area (Å²) in [4.78, 5) is 29.0. The van der Waals surface area contributed by atoms with Gasteiger partial charge in [0.25, 0.3) is 5.91 Å².